The van der Waals surface area contributed by atoms with E-state index in [1.165, 1.54) is 0 Å². The molecule has 0 aromatic heterocycles. The highest BCUT2D eigenvalue weighted by Crippen LogP contribution is 2.13. The number of ether oxygens (including phenoxy) is 2. The zero-order valence-corrected chi connectivity index (χ0v) is 10.5. The largest absolute Gasteiger partial charge is 0.479 e. The van der Waals surface area contributed by atoms with E-state index < -0.39 is 6.10 Å². The number of esters is 1. The van der Waals surface area contributed by atoms with Gasteiger partial charge in [0.05, 0.1) is 0 Å². The molecule has 0 aliphatic carbocycles. The van der Waals surface area contributed by atoms with E-state index in [0.717, 1.165) is 11.1 Å². The van der Waals surface area contributed by atoms with Crippen molar-refractivity contribution in [1.29, 1.82) is 0 Å². The van der Waals surface area contributed by atoms with E-state index in [9.17, 15) is 4.79 Å². The topological polar surface area (TPSA) is 35.5 Å². The van der Waals surface area contributed by atoms with Gasteiger partial charge in [0.25, 0.3) is 0 Å². The van der Waals surface area contributed by atoms with Gasteiger partial charge in [0, 0.05) is 0 Å². The Morgan fingerprint density at radius 1 is 1.35 bits per heavy atom. The maximum absolute atomic E-state index is 11.5. The van der Waals surface area contributed by atoms with Crippen LogP contribution in [0.4, 0.5) is 0 Å². The molecule has 0 heterocycles. The molecule has 0 aliphatic heterocycles. The van der Waals surface area contributed by atoms with Gasteiger partial charge in [-0.2, -0.15) is 0 Å². The maximum atomic E-state index is 11.5. The van der Waals surface area contributed by atoms with Crippen LogP contribution in [-0.4, -0.2) is 18.7 Å². The summed E-state index contributed by atoms with van der Waals surface area (Å²) < 4.78 is 10.5. The van der Waals surface area contributed by atoms with Crippen molar-refractivity contribution >= 4 is 5.97 Å². The molecule has 92 valence electrons. The average Bonchev–Trinajstić information content (AvgIpc) is 2.28. The first-order valence-electron chi connectivity index (χ1n) is 5.53. The lowest BCUT2D eigenvalue weighted by molar-refractivity contribution is -0.150. The molecule has 3 heteroatoms. The normalized spacial score (nSPS) is 11.7. The minimum Gasteiger partial charge on any atom is -0.479 e. The summed E-state index contributed by atoms with van der Waals surface area (Å²) in [5.74, 6) is 0.281. The Kier molecular flexibility index (Phi) is 4.76. The van der Waals surface area contributed by atoms with Crippen molar-refractivity contribution in [1.82, 2.24) is 0 Å². The Labute approximate surface area is 102 Å². The van der Waals surface area contributed by atoms with Gasteiger partial charge >= 0.3 is 5.97 Å². The fraction of sp³-hybridized carbons (Fsp3) is 0.357. The summed E-state index contributed by atoms with van der Waals surface area (Å²) in [5, 5.41) is 0. The van der Waals surface area contributed by atoms with Gasteiger partial charge in [-0.25, -0.2) is 4.79 Å². The van der Waals surface area contributed by atoms with Crippen LogP contribution in [0.3, 0.4) is 0 Å². The van der Waals surface area contributed by atoms with Crippen molar-refractivity contribution in [2.75, 3.05) is 6.61 Å². The van der Waals surface area contributed by atoms with E-state index in [1.54, 1.807) is 13.8 Å². The lowest BCUT2D eigenvalue weighted by atomic mass is 10.2. The lowest BCUT2D eigenvalue weighted by Crippen LogP contribution is -2.26. The van der Waals surface area contributed by atoms with Gasteiger partial charge in [0.1, 0.15) is 12.4 Å². The SMILES string of the molecule is C=C(C)COC(=O)C(C)Oc1ccc(C)cc1. The molecule has 17 heavy (non-hydrogen) atoms. The zero-order valence-electron chi connectivity index (χ0n) is 10.5. The number of rotatable bonds is 5. The van der Waals surface area contributed by atoms with Gasteiger partial charge in [0.2, 0.25) is 0 Å². The molecule has 0 fully saturated rings. The minimum atomic E-state index is -0.614. The molecule has 3 nitrogen and oxygen atoms in total. The predicted octanol–water partition coefficient (Wildman–Crippen LogP) is 2.88. The van der Waals surface area contributed by atoms with Crippen molar-refractivity contribution in [2.45, 2.75) is 26.9 Å². The Morgan fingerprint density at radius 3 is 2.47 bits per heavy atom. The van der Waals surface area contributed by atoms with Crippen LogP contribution in [0, 0.1) is 6.92 Å². The summed E-state index contributed by atoms with van der Waals surface area (Å²) in [6, 6.07) is 7.53. The van der Waals surface area contributed by atoms with Crippen molar-refractivity contribution in [2.24, 2.45) is 0 Å². The molecule has 1 aromatic rings. The third-order valence-corrected chi connectivity index (χ3v) is 2.13. The molecule has 0 saturated carbocycles. The summed E-state index contributed by atoms with van der Waals surface area (Å²) in [5.41, 5.74) is 1.95. The van der Waals surface area contributed by atoms with Crippen molar-refractivity contribution < 1.29 is 14.3 Å². The first kappa shape index (κ1) is 13.3. The molecule has 1 unspecified atom stereocenters. The van der Waals surface area contributed by atoms with Gasteiger partial charge in [-0.1, -0.05) is 24.3 Å². The summed E-state index contributed by atoms with van der Waals surface area (Å²) >= 11 is 0. The Balaban J connectivity index is 2.48. The highest BCUT2D eigenvalue weighted by Gasteiger charge is 2.15. The third-order valence-electron chi connectivity index (χ3n) is 2.13. The standard InChI is InChI=1S/C14H18O3/c1-10(2)9-16-14(15)12(4)17-13-7-5-11(3)6-8-13/h5-8,12H,1,9H2,2-4H3. The average molecular weight is 234 g/mol. The highest BCUT2D eigenvalue weighted by atomic mass is 16.6. The van der Waals surface area contributed by atoms with E-state index in [0.29, 0.717) is 5.75 Å². The van der Waals surface area contributed by atoms with Crippen LogP contribution in [0.2, 0.25) is 0 Å². The van der Waals surface area contributed by atoms with Crippen LogP contribution in [0.25, 0.3) is 0 Å². The van der Waals surface area contributed by atoms with E-state index in [-0.39, 0.29) is 12.6 Å². The van der Waals surface area contributed by atoms with Gasteiger partial charge in [0.15, 0.2) is 6.10 Å². The monoisotopic (exact) mass is 234 g/mol. The predicted molar refractivity (Wildman–Crippen MR) is 67.0 cm³/mol. The number of hydrogen-bond acceptors (Lipinski definition) is 3. The minimum absolute atomic E-state index is 0.237. The van der Waals surface area contributed by atoms with Gasteiger partial charge in [-0.05, 0) is 38.5 Å². The van der Waals surface area contributed by atoms with Crippen molar-refractivity contribution in [3.8, 4) is 5.75 Å². The first-order chi connectivity index (χ1) is 7.99. The Bertz CT molecular complexity index is 392. The third kappa shape index (κ3) is 4.72. The van der Waals surface area contributed by atoms with Crippen LogP contribution >= 0.6 is 0 Å². The summed E-state index contributed by atoms with van der Waals surface area (Å²) in [6.07, 6.45) is -0.614. The van der Waals surface area contributed by atoms with Gasteiger partial charge < -0.3 is 9.47 Å². The lowest BCUT2D eigenvalue weighted by Gasteiger charge is -2.14. The van der Waals surface area contributed by atoms with Crippen molar-refractivity contribution in [3.05, 3.63) is 42.0 Å². The molecule has 1 rings (SSSR count). The van der Waals surface area contributed by atoms with Gasteiger partial charge in [-0.3, -0.25) is 0 Å². The molecule has 0 bridgehead atoms. The molecule has 0 spiro atoms. The molecule has 0 saturated heterocycles. The summed E-state index contributed by atoms with van der Waals surface area (Å²) in [7, 11) is 0. The van der Waals surface area contributed by atoms with Crippen molar-refractivity contribution in [3.63, 3.8) is 0 Å². The molecule has 0 radical (unpaired) electrons. The van der Waals surface area contributed by atoms with Crippen LogP contribution in [0.1, 0.15) is 19.4 Å². The second-order valence-corrected chi connectivity index (χ2v) is 4.14. The molecule has 0 aliphatic rings. The number of aryl methyl sites for hydroxylation is 1. The number of carbonyl (C=O) groups excluding carboxylic acids is 1. The highest BCUT2D eigenvalue weighted by molar-refractivity contribution is 5.74. The van der Waals surface area contributed by atoms with Crippen LogP contribution in [-0.2, 0) is 9.53 Å². The van der Waals surface area contributed by atoms with E-state index in [4.69, 9.17) is 9.47 Å². The first-order valence-corrected chi connectivity index (χ1v) is 5.53. The van der Waals surface area contributed by atoms with Crippen LogP contribution < -0.4 is 4.74 Å². The molecular weight excluding hydrogens is 216 g/mol. The molecular formula is C14H18O3. The number of carbonyl (C=O) groups is 1. The molecule has 1 atom stereocenters. The second-order valence-electron chi connectivity index (χ2n) is 4.14. The Morgan fingerprint density at radius 2 is 1.94 bits per heavy atom. The molecule has 0 N–H and O–H groups in total. The molecule has 0 amide bonds. The van der Waals surface area contributed by atoms with Crippen LogP contribution in [0.15, 0.2) is 36.4 Å². The fourth-order valence-corrected chi connectivity index (χ4v) is 1.18. The summed E-state index contributed by atoms with van der Waals surface area (Å²) in [4.78, 5) is 11.5. The summed E-state index contributed by atoms with van der Waals surface area (Å²) in [6.45, 7) is 9.36. The number of hydrogen-bond donors (Lipinski definition) is 0. The number of benzene rings is 1. The zero-order chi connectivity index (χ0) is 12.8. The molecule has 1 aromatic carbocycles. The maximum Gasteiger partial charge on any atom is 0.347 e. The smallest absolute Gasteiger partial charge is 0.347 e. The van der Waals surface area contributed by atoms with E-state index in [2.05, 4.69) is 6.58 Å². The quantitative estimate of drug-likeness (QED) is 0.580. The second kappa shape index (κ2) is 6.09. The van der Waals surface area contributed by atoms with Gasteiger partial charge in [-0.15, -0.1) is 0 Å². The van der Waals surface area contributed by atoms with Crippen LogP contribution in [0.5, 0.6) is 5.75 Å². The van der Waals surface area contributed by atoms with E-state index in [1.807, 2.05) is 31.2 Å². The van der Waals surface area contributed by atoms with E-state index >= 15 is 0 Å². The fourth-order valence-electron chi connectivity index (χ4n) is 1.18. The Hall–Kier alpha value is -1.77.